The van der Waals surface area contributed by atoms with Gasteiger partial charge in [0.1, 0.15) is 6.54 Å². The van der Waals surface area contributed by atoms with Gasteiger partial charge in [0.05, 0.1) is 0 Å². The summed E-state index contributed by atoms with van der Waals surface area (Å²) in [4.78, 5) is 24.1. The number of aliphatic carboxylic acids is 1. The largest absolute Gasteiger partial charge is 0.480 e. The van der Waals surface area contributed by atoms with Crippen molar-refractivity contribution < 1.29 is 14.7 Å². The van der Waals surface area contributed by atoms with Gasteiger partial charge in [-0.2, -0.15) is 0 Å². The van der Waals surface area contributed by atoms with Gasteiger partial charge >= 0.3 is 5.97 Å². The maximum Gasteiger partial charge on any atom is 0.323 e. The highest BCUT2D eigenvalue weighted by molar-refractivity contribution is 6.30. The minimum Gasteiger partial charge on any atom is -0.480 e. The smallest absolute Gasteiger partial charge is 0.323 e. The maximum absolute atomic E-state index is 11.9. The Bertz CT molecular complexity index is 454. The van der Waals surface area contributed by atoms with Gasteiger partial charge in [0.2, 0.25) is 5.91 Å². The number of carboxylic acids is 1. The summed E-state index contributed by atoms with van der Waals surface area (Å²) in [5, 5.41) is 9.46. The number of carboxylic acid groups (broad SMARTS) is 1. The SMILES string of the molecule is O=C(O)CN(Cc1ccc(Cl)cc1)C(=O)C1CC1. The summed E-state index contributed by atoms with van der Waals surface area (Å²) in [6.07, 6.45) is 1.74. The average Bonchev–Trinajstić information content (AvgIpc) is 3.13. The van der Waals surface area contributed by atoms with Crippen molar-refractivity contribution in [3.63, 3.8) is 0 Å². The second kappa shape index (κ2) is 5.40. The summed E-state index contributed by atoms with van der Waals surface area (Å²) in [5.41, 5.74) is 0.884. The predicted molar refractivity (Wildman–Crippen MR) is 67.2 cm³/mol. The van der Waals surface area contributed by atoms with Crippen molar-refractivity contribution in [3.05, 3.63) is 34.9 Å². The fourth-order valence-corrected chi connectivity index (χ4v) is 1.90. The molecule has 1 aromatic carbocycles. The van der Waals surface area contributed by atoms with Gasteiger partial charge in [0, 0.05) is 17.5 Å². The molecule has 0 aromatic heterocycles. The summed E-state index contributed by atoms with van der Waals surface area (Å²) in [6.45, 7) is 0.0662. The van der Waals surface area contributed by atoms with Crippen LogP contribution in [-0.4, -0.2) is 28.4 Å². The molecule has 4 nitrogen and oxygen atoms in total. The normalized spacial score (nSPS) is 14.3. The zero-order valence-electron chi connectivity index (χ0n) is 9.80. The zero-order valence-corrected chi connectivity index (χ0v) is 10.6. The van der Waals surface area contributed by atoms with Crippen LogP contribution >= 0.6 is 11.6 Å². The van der Waals surface area contributed by atoms with Crippen molar-refractivity contribution in [2.75, 3.05) is 6.54 Å². The molecule has 0 saturated heterocycles. The highest BCUT2D eigenvalue weighted by atomic mass is 35.5. The molecule has 1 saturated carbocycles. The number of hydrogen-bond donors (Lipinski definition) is 1. The van der Waals surface area contributed by atoms with Crippen molar-refractivity contribution in [2.24, 2.45) is 5.92 Å². The van der Waals surface area contributed by atoms with E-state index in [2.05, 4.69) is 0 Å². The molecule has 1 fully saturated rings. The molecule has 0 aliphatic heterocycles. The molecular weight excluding hydrogens is 254 g/mol. The molecule has 0 heterocycles. The monoisotopic (exact) mass is 267 g/mol. The average molecular weight is 268 g/mol. The summed E-state index contributed by atoms with van der Waals surface area (Å²) in [6, 6.07) is 7.07. The van der Waals surface area contributed by atoms with E-state index < -0.39 is 5.97 Å². The van der Waals surface area contributed by atoms with E-state index in [4.69, 9.17) is 16.7 Å². The Morgan fingerprint density at radius 2 is 1.89 bits per heavy atom. The lowest BCUT2D eigenvalue weighted by Crippen LogP contribution is -2.36. The number of amides is 1. The lowest BCUT2D eigenvalue weighted by Gasteiger charge is -2.20. The number of carbonyl (C=O) groups excluding carboxylic acids is 1. The van der Waals surface area contributed by atoms with E-state index in [1.807, 2.05) is 0 Å². The molecule has 2 rings (SSSR count). The fraction of sp³-hybridized carbons (Fsp3) is 0.385. The summed E-state index contributed by atoms with van der Waals surface area (Å²) >= 11 is 5.78. The van der Waals surface area contributed by atoms with Crippen LogP contribution in [0.15, 0.2) is 24.3 Å². The van der Waals surface area contributed by atoms with Crippen molar-refractivity contribution in [1.82, 2.24) is 4.90 Å². The minimum atomic E-state index is -0.988. The topological polar surface area (TPSA) is 57.6 Å². The Morgan fingerprint density at radius 3 is 2.39 bits per heavy atom. The van der Waals surface area contributed by atoms with Crippen molar-refractivity contribution in [2.45, 2.75) is 19.4 Å². The first-order chi connectivity index (χ1) is 8.56. The molecule has 0 bridgehead atoms. The van der Waals surface area contributed by atoms with E-state index in [0.717, 1.165) is 18.4 Å². The molecule has 0 unspecified atom stereocenters. The number of rotatable bonds is 5. The highest BCUT2D eigenvalue weighted by Crippen LogP contribution is 2.31. The third-order valence-corrected chi connectivity index (χ3v) is 3.10. The van der Waals surface area contributed by atoms with Crippen molar-refractivity contribution in [1.29, 1.82) is 0 Å². The van der Waals surface area contributed by atoms with E-state index >= 15 is 0 Å². The molecule has 1 aliphatic rings. The Kier molecular flexibility index (Phi) is 3.87. The van der Waals surface area contributed by atoms with E-state index in [0.29, 0.717) is 11.6 Å². The van der Waals surface area contributed by atoms with Gasteiger partial charge in [0.15, 0.2) is 0 Å². The van der Waals surface area contributed by atoms with Crippen LogP contribution in [-0.2, 0) is 16.1 Å². The molecule has 18 heavy (non-hydrogen) atoms. The molecule has 1 N–H and O–H groups in total. The van der Waals surface area contributed by atoms with Gasteiger partial charge < -0.3 is 10.0 Å². The van der Waals surface area contributed by atoms with Crippen LogP contribution in [0.1, 0.15) is 18.4 Å². The Morgan fingerprint density at radius 1 is 1.28 bits per heavy atom. The lowest BCUT2D eigenvalue weighted by molar-refractivity contribution is -0.145. The number of carbonyl (C=O) groups is 2. The van der Waals surface area contributed by atoms with Crippen LogP contribution < -0.4 is 0 Å². The van der Waals surface area contributed by atoms with E-state index in [-0.39, 0.29) is 18.4 Å². The number of halogens is 1. The first-order valence-electron chi connectivity index (χ1n) is 5.81. The first kappa shape index (κ1) is 12.9. The van der Waals surface area contributed by atoms with Crippen LogP contribution in [0.25, 0.3) is 0 Å². The van der Waals surface area contributed by atoms with Gasteiger partial charge in [-0.25, -0.2) is 0 Å². The second-order valence-corrected chi connectivity index (χ2v) is 4.93. The van der Waals surface area contributed by atoms with E-state index in [1.165, 1.54) is 4.90 Å². The molecule has 5 heteroatoms. The molecule has 96 valence electrons. The van der Waals surface area contributed by atoms with Crippen molar-refractivity contribution >= 4 is 23.5 Å². The number of hydrogen-bond acceptors (Lipinski definition) is 2. The maximum atomic E-state index is 11.9. The van der Waals surface area contributed by atoms with Gasteiger partial charge in [-0.1, -0.05) is 23.7 Å². The molecular formula is C13H14ClNO3. The van der Waals surface area contributed by atoms with Crippen molar-refractivity contribution in [3.8, 4) is 0 Å². The molecule has 1 aromatic rings. The Hall–Kier alpha value is -1.55. The summed E-state index contributed by atoms with van der Waals surface area (Å²) in [7, 11) is 0. The third kappa shape index (κ3) is 3.47. The second-order valence-electron chi connectivity index (χ2n) is 4.49. The Balaban J connectivity index is 2.06. The summed E-state index contributed by atoms with van der Waals surface area (Å²) in [5.74, 6) is -1.03. The predicted octanol–water partition coefficient (Wildman–Crippen LogP) is 2.16. The van der Waals surface area contributed by atoms with Crippen LogP contribution in [0.4, 0.5) is 0 Å². The molecule has 0 atom stereocenters. The van der Waals surface area contributed by atoms with Gasteiger partial charge in [-0.05, 0) is 30.5 Å². The summed E-state index contributed by atoms with van der Waals surface area (Å²) < 4.78 is 0. The quantitative estimate of drug-likeness (QED) is 0.889. The number of benzene rings is 1. The molecule has 1 amide bonds. The first-order valence-corrected chi connectivity index (χ1v) is 6.19. The van der Waals surface area contributed by atoms with E-state index in [1.54, 1.807) is 24.3 Å². The number of nitrogens with zero attached hydrogens (tertiary/aromatic N) is 1. The minimum absolute atomic E-state index is 0.0247. The van der Waals surface area contributed by atoms with Crippen LogP contribution in [0.2, 0.25) is 5.02 Å². The standard InChI is InChI=1S/C13H14ClNO3/c14-11-5-1-9(2-6-11)7-15(8-12(16)17)13(18)10-3-4-10/h1-2,5-6,10H,3-4,7-8H2,(H,16,17). The molecule has 1 aliphatic carbocycles. The van der Waals surface area contributed by atoms with Crippen LogP contribution in [0, 0.1) is 5.92 Å². The van der Waals surface area contributed by atoms with Gasteiger partial charge in [-0.3, -0.25) is 9.59 Å². The third-order valence-electron chi connectivity index (χ3n) is 2.85. The molecule has 0 spiro atoms. The lowest BCUT2D eigenvalue weighted by atomic mass is 10.2. The van der Waals surface area contributed by atoms with Gasteiger partial charge in [-0.15, -0.1) is 0 Å². The van der Waals surface area contributed by atoms with Crippen LogP contribution in [0.5, 0.6) is 0 Å². The van der Waals surface area contributed by atoms with Gasteiger partial charge in [0.25, 0.3) is 0 Å². The Labute approximate surface area is 110 Å². The van der Waals surface area contributed by atoms with E-state index in [9.17, 15) is 9.59 Å². The highest BCUT2D eigenvalue weighted by Gasteiger charge is 2.34. The zero-order chi connectivity index (χ0) is 13.1. The van der Waals surface area contributed by atoms with Crippen LogP contribution in [0.3, 0.4) is 0 Å². The fourth-order valence-electron chi connectivity index (χ4n) is 1.77. The molecule has 0 radical (unpaired) electrons.